The van der Waals surface area contributed by atoms with Crippen LogP contribution in [0.1, 0.15) is 0 Å². The molecule has 0 atom stereocenters. The second-order valence-electron chi connectivity index (χ2n) is 4.58. The molecule has 0 fully saturated rings. The van der Waals surface area contributed by atoms with Crippen molar-refractivity contribution in [2.24, 2.45) is 0 Å². The van der Waals surface area contributed by atoms with Crippen LogP contribution in [0.15, 0.2) is 35.5 Å². The number of pyridine rings is 1. The Hall–Kier alpha value is -2.70. The maximum atomic E-state index is 13.2. The number of hydrogen-bond acceptors (Lipinski definition) is 4. The van der Waals surface area contributed by atoms with Gasteiger partial charge >= 0.3 is 0 Å². The van der Waals surface area contributed by atoms with Gasteiger partial charge in [0, 0.05) is 38.1 Å². The lowest BCUT2D eigenvalue weighted by Crippen LogP contribution is -2.16. The van der Waals surface area contributed by atoms with Crippen LogP contribution in [0, 0.1) is 5.82 Å². The van der Waals surface area contributed by atoms with E-state index in [-0.39, 0.29) is 5.56 Å². The Morgan fingerprint density at radius 3 is 2.80 bits per heavy atom. The molecule has 0 aliphatic rings. The van der Waals surface area contributed by atoms with E-state index >= 15 is 0 Å². The molecule has 3 aromatic rings. The number of hydrogen-bond donors (Lipinski definition) is 1. The van der Waals surface area contributed by atoms with Crippen molar-refractivity contribution in [1.29, 1.82) is 0 Å². The average Bonchev–Trinajstić information content (AvgIpc) is 2.83. The predicted octanol–water partition coefficient (Wildman–Crippen LogP) is 1.29. The fraction of sp³-hybridized carbons (Fsp3) is 0.154. The van der Waals surface area contributed by atoms with Gasteiger partial charge in [-0.1, -0.05) is 0 Å². The molecule has 1 N–H and O–H groups in total. The van der Waals surface area contributed by atoms with Gasteiger partial charge in [0.15, 0.2) is 5.65 Å². The molecule has 20 heavy (non-hydrogen) atoms. The van der Waals surface area contributed by atoms with Crippen LogP contribution in [0.25, 0.3) is 16.9 Å². The average molecular weight is 273 g/mol. The van der Waals surface area contributed by atoms with E-state index in [9.17, 15) is 9.18 Å². The summed E-state index contributed by atoms with van der Waals surface area (Å²) >= 11 is 0. The fourth-order valence-electron chi connectivity index (χ4n) is 2.00. The number of rotatable bonds is 2. The molecule has 6 nitrogen and oxygen atoms in total. The lowest BCUT2D eigenvalue weighted by molar-refractivity contribution is 0.622. The van der Waals surface area contributed by atoms with Gasteiger partial charge in [0.25, 0.3) is 5.56 Å². The summed E-state index contributed by atoms with van der Waals surface area (Å²) in [4.78, 5) is 22.1. The summed E-state index contributed by atoms with van der Waals surface area (Å²) in [6.45, 7) is 0. The Morgan fingerprint density at radius 1 is 1.30 bits per heavy atom. The summed E-state index contributed by atoms with van der Waals surface area (Å²) in [6, 6.07) is 2.65. The highest BCUT2D eigenvalue weighted by molar-refractivity contribution is 5.71. The van der Waals surface area contributed by atoms with E-state index in [1.165, 1.54) is 22.8 Å². The molecule has 102 valence electrons. The van der Waals surface area contributed by atoms with Crippen LogP contribution >= 0.6 is 0 Å². The van der Waals surface area contributed by atoms with Crippen LogP contribution in [0.3, 0.4) is 0 Å². The summed E-state index contributed by atoms with van der Waals surface area (Å²) in [7, 11) is 3.71. The molecular formula is C13H12FN5O. The number of nitrogens with one attached hydrogen (secondary N) is 1. The van der Waals surface area contributed by atoms with Crippen molar-refractivity contribution in [3.8, 4) is 11.3 Å². The van der Waals surface area contributed by atoms with Gasteiger partial charge in [0.05, 0.1) is 17.6 Å². The van der Waals surface area contributed by atoms with Crippen molar-refractivity contribution in [1.82, 2.24) is 19.6 Å². The van der Waals surface area contributed by atoms with Crippen LogP contribution in [-0.4, -0.2) is 33.7 Å². The summed E-state index contributed by atoms with van der Waals surface area (Å²) < 4.78 is 14.6. The predicted molar refractivity (Wildman–Crippen MR) is 73.3 cm³/mol. The molecular weight excluding hydrogens is 261 g/mol. The van der Waals surface area contributed by atoms with Crippen LogP contribution in [0.5, 0.6) is 0 Å². The molecule has 0 bridgehead atoms. The third-order valence-corrected chi connectivity index (χ3v) is 2.96. The second kappa shape index (κ2) is 4.44. The van der Waals surface area contributed by atoms with Gasteiger partial charge in [0.2, 0.25) is 0 Å². The molecule has 0 aromatic carbocycles. The lowest BCUT2D eigenvalue weighted by atomic mass is 10.2. The molecule has 0 aliphatic heterocycles. The number of aromatic nitrogens is 4. The van der Waals surface area contributed by atoms with E-state index in [0.29, 0.717) is 16.9 Å². The zero-order valence-electron chi connectivity index (χ0n) is 11.0. The molecule has 3 rings (SSSR count). The van der Waals surface area contributed by atoms with E-state index in [4.69, 9.17) is 0 Å². The first-order valence-corrected chi connectivity index (χ1v) is 5.95. The Balaban J connectivity index is 2.28. The molecule has 0 aliphatic carbocycles. The molecule has 0 radical (unpaired) electrons. The number of nitrogens with zero attached hydrogens (tertiary/aromatic N) is 4. The highest BCUT2D eigenvalue weighted by Gasteiger charge is 2.12. The maximum Gasteiger partial charge on any atom is 0.273 e. The van der Waals surface area contributed by atoms with Crippen molar-refractivity contribution in [3.63, 3.8) is 0 Å². The number of H-pyrrole nitrogens is 1. The molecule has 0 saturated heterocycles. The Morgan fingerprint density at radius 2 is 2.10 bits per heavy atom. The van der Waals surface area contributed by atoms with E-state index < -0.39 is 5.82 Å². The van der Waals surface area contributed by atoms with Gasteiger partial charge in [0.1, 0.15) is 5.82 Å². The minimum Gasteiger partial charge on any atom is -0.373 e. The Bertz CT molecular complexity index is 836. The summed E-state index contributed by atoms with van der Waals surface area (Å²) in [5, 5.41) is 2.84. The third-order valence-electron chi connectivity index (χ3n) is 2.96. The first kappa shape index (κ1) is 12.3. The van der Waals surface area contributed by atoms with E-state index in [2.05, 4.69) is 15.1 Å². The Labute approximate surface area is 113 Å². The van der Waals surface area contributed by atoms with Gasteiger partial charge in [-0.25, -0.2) is 9.37 Å². The van der Waals surface area contributed by atoms with Crippen molar-refractivity contribution >= 4 is 11.3 Å². The molecule has 0 saturated carbocycles. The van der Waals surface area contributed by atoms with Gasteiger partial charge in [-0.05, 0) is 6.07 Å². The van der Waals surface area contributed by atoms with E-state index in [0.717, 1.165) is 11.9 Å². The third kappa shape index (κ3) is 1.93. The SMILES string of the molecule is CN(C)c1c[nH]n2c(=O)cc(-c3cncc(F)c3)nc12. The lowest BCUT2D eigenvalue weighted by Gasteiger charge is -2.09. The monoisotopic (exact) mass is 273 g/mol. The molecule has 3 aromatic heterocycles. The van der Waals surface area contributed by atoms with Gasteiger partial charge < -0.3 is 4.90 Å². The largest absolute Gasteiger partial charge is 0.373 e. The second-order valence-corrected chi connectivity index (χ2v) is 4.58. The molecule has 0 spiro atoms. The standard InChI is InChI=1S/C13H12FN5O/c1-18(2)11-7-16-19-12(20)4-10(17-13(11)19)8-3-9(14)6-15-5-8/h3-7,16H,1-2H3. The number of aromatic amines is 1. The van der Waals surface area contributed by atoms with Crippen molar-refractivity contribution in [2.45, 2.75) is 0 Å². The molecule has 0 amide bonds. The number of anilines is 1. The highest BCUT2D eigenvalue weighted by Crippen LogP contribution is 2.20. The van der Waals surface area contributed by atoms with Crippen LogP contribution < -0.4 is 10.5 Å². The maximum absolute atomic E-state index is 13.2. The van der Waals surface area contributed by atoms with Crippen LogP contribution in [0.2, 0.25) is 0 Å². The zero-order valence-corrected chi connectivity index (χ0v) is 11.0. The van der Waals surface area contributed by atoms with Crippen molar-refractivity contribution < 1.29 is 4.39 Å². The summed E-state index contributed by atoms with van der Waals surface area (Å²) in [6.07, 6.45) is 4.27. The normalized spacial score (nSPS) is 10.9. The van der Waals surface area contributed by atoms with Gasteiger partial charge in [-0.3, -0.25) is 14.9 Å². The minimum atomic E-state index is -0.466. The number of halogens is 1. The fourth-order valence-corrected chi connectivity index (χ4v) is 2.00. The Kier molecular flexibility index (Phi) is 2.74. The first-order valence-electron chi connectivity index (χ1n) is 5.95. The topological polar surface area (TPSA) is 66.3 Å². The molecule has 0 unspecified atom stereocenters. The summed E-state index contributed by atoms with van der Waals surface area (Å²) in [5.74, 6) is -0.466. The van der Waals surface area contributed by atoms with E-state index in [1.807, 2.05) is 19.0 Å². The smallest absolute Gasteiger partial charge is 0.273 e. The minimum absolute atomic E-state index is 0.262. The van der Waals surface area contributed by atoms with Crippen LogP contribution in [0.4, 0.5) is 10.1 Å². The number of fused-ring (bicyclic) bond motifs is 1. The quantitative estimate of drug-likeness (QED) is 0.764. The highest BCUT2D eigenvalue weighted by atomic mass is 19.1. The van der Waals surface area contributed by atoms with Crippen molar-refractivity contribution in [2.75, 3.05) is 19.0 Å². The summed E-state index contributed by atoms with van der Waals surface area (Å²) in [5.41, 5.74) is 1.86. The van der Waals surface area contributed by atoms with Gasteiger partial charge in [-0.2, -0.15) is 4.52 Å². The zero-order chi connectivity index (χ0) is 14.3. The first-order chi connectivity index (χ1) is 9.56. The van der Waals surface area contributed by atoms with Gasteiger partial charge in [-0.15, -0.1) is 0 Å². The molecule has 7 heteroatoms. The van der Waals surface area contributed by atoms with Crippen molar-refractivity contribution in [3.05, 3.63) is 46.9 Å². The molecule has 3 heterocycles. The van der Waals surface area contributed by atoms with Crippen LogP contribution in [-0.2, 0) is 0 Å². The van der Waals surface area contributed by atoms with E-state index in [1.54, 1.807) is 6.20 Å².